The average molecular weight is 260 g/mol. The van der Waals surface area contributed by atoms with Gasteiger partial charge < -0.3 is 0 Å². The van der Waals surface area contributed by atoms with E-state index in [4.69, 9.17) is 0 Å². The Balaban J connectivity index is 2.43. The third kappa shape index (κ3) is 2.79. The largest absolute Gasteiger partial charge is 0.224 e. The molecule has 0 saturated carbocycles. The molecule has 0 atom stereocenters. The SMILES string of the molecule is CCCS(=O)(=O)c1cccc(-c2ccccc2)c1. The van der Waals surface area contributed by atoms with Crippen molar-refractivity contribution in [1.29, 1.82) is 0 Å². The molecule has 2 nitrogen and oxygen atoms in total. The Morgan fingerprint density at radius 1 is 0.889 bits per heavy atom. The first-order chi connectivity index (χ1) is 8.63. The van der Waals surface area contributed by atoms with Crippen LogP contribution in [-0.2, 0) is 9.84 Å². The lowest BCUT2D eigenvalue weighted by Gasteiger charge is -2.06. The van der Waals surface area contributed by atoms with Crippen LogP contribution in [0.1, 0.15) is 13.3 Å². The highest BCUT2D eigenvalue weighted by Crippen LogP contribution is 2.22. The summed E-state index contributed by atoms with van der Waals surface area (Å²) in [6.45, 7) is 1.87. The summed E-state index contributed by atoms with van der Waals surface area (Å²) >= 11 is 0. The molecule has 0 saturated heterocycles. The maximum absolute atomic E-state index is 12.0. The lowest BCUT2D eigenvalue weighted by Crippen LogP contribution is -2.05. The fourth-order valence-corrected chi connectivity index (χ4v) is 3.25. The lowest BCUT2D eigenvalue weighted by atomic mass is 10.1. The molecule has 3 heteroatoms. The van der Waals surface area contributed by atoms with E-state index in [0.29, 0.717) is 11.3 Å². The second-order valence-corrected chi connectivity index (χ2v) is 6.32. The number of hydrogen-bond acceptors (Lipinski definition) is 2. The summed E-state index contributed by atoms with van der Waals surface area (Å²) in [6, 6.07) is 16.9. The zero-order valence-electron chi connectivity index (χ0n) is 10.3. The van der Waals surface area contributed by atoms with Crippen LogP contribution in [0.4, 0.5) is 0 Å². The molecule has 0 bridgehead atoms. The maximum Gasteiger partial charge on any atom is 0.178 e. The zero-order valence-corrected chi connectivity index (χ0v) is 11.2. The summed E-state index contributed by atoms with van der Waals surface area (Å²) in [6.07, 6.45) is 0.637. The molecule has 0 amide bonds. The third-order valence-corrected chi connectivity index (χ3v) is 4.69. The molecule has 2 aromatic rings. The third-order valence-electron chi connectivity index (χ3n) is 2.77. The molecule has 0 N–H and O–H groups in total. The Morgan fingerprint density at radius 3 is 2.22 bits per heavy atom. The molecule has 18 heavy (non-hydrogen) atoms. The van der Waals surface area contributed by atoms with Gasteiger partial charge in [0.2, 0.25) is 0 Å². The summed E-state index contributed by atoms with van der Waals surface area (Å²) in [5, 5.41) is 0. The minimum Gasteiger partial charge on any atom is -0.224 e. The molecule has 94 valence electrons. The van der Waals surface area contributed by atoms with Crippen molar-refractivity contribution in [1.82, 2.24) is 0 Å². The smallest absolute Gasteiger partial charge is 0.178 e. The fourth-order valence-electron chi connectivity index (χ4n) is 1.89. The molecule has 0 unspecified atom stereocenters. The molecule has 2 rings (SSSR count). The van der Waals surface area contributed by atoms with Gasteiger partial charge in [-0.3, -0.25) is 0 Å². The molecule has 0 fully saturated rings. The van der Waals surface area contributed by atoms with E-state index >= 15 is 0 Å². The molecule has 0 heterocycles. The minimum absolute atomic E-state index is 0.200. The second-order valence-electron chi connectivity index (χ2n) is 4.21. The van der Waals surface area contributed by atoms with Crippen molar-refractivity contribution in [3.05, 3.63) is 54.6 Å². The van der Waals surface area contributed by atoms with Gasteiger partial charge in [-0.1, -0.05) is 49.4 Å². The van der Waals surface area contributed by atoms with Crippen LogP contribution in [0.2, 0.25) is 0 Å². The highest BCUT2D eigenvalue weighted by atomic mass is 32.2. The van der Waals surface area contributed by atoms with Crippen molar-refractivity contribution in [3.8, 4) is 11.1 Å². The Morgan fingerprint density at radius 2 is 1.56 bits per heavy atom. The van der Waals surface area contributed by atoms with Crippen LogP contribution in [0.5, 0.6) is 0 Å². The van der Waals surface area contributed by atoms with E-state index in [2.05, 4.69) is 0 Å². The van der Waals surface area contributed by atoms with Crippen LogP contribution < -0.4 is 0 Å². The standard InChI is InChI=1S/C15H16O2S/c1-2-11-18(16,17)15-10-6-9-14(12-15)13-7-4-3-5-8-13/h3-10,12H,2,11H2,1H3. The van der Waals surface area contributed by atoms with E-state index in [1.807, 2.05) is 43.3 Å². The molecule has 0 aromatic heterocycles. The van der Waals surface area contributed by atoms with Gasteiger partial charge in [-0.05, 0) is 29.7 Å². The Hall–Kier alpha value is -1.61. The van der Waals surface area contributed by atoms with E-state index in [-0.39, 0.29) is 5.75 Å². The Kier molecular flexibility index (Phi) is 3.82. The Bertz CT molecular complexity index is 616. The van der Waals surface area contributed by atoms with Crippen molar-refractivity contribution in [2.75, 3.05) is 5.75 Å². The highest BCUT2D eigenvalue weighted by molar-refractivity contribution is 7.91. The van der Waals surface area contributed by atoms with E-state index in [9.17, 15) is 8.42 Å². The normalized spacial score (nSPS) is 11.4. The van der Waals surface area contributed by atoms with Crippen molar-refractivity contribution in [2.24, 2.45) is 0 Å². The van der Waals surface area contributed by atoms with Gasteiger partial charge in [-0.25, -0.2) is 8.42 Å². The first kappa shape index (κ1) is 12.8. The summed E-state index contributed by atoms with van der Waals surface area (Å²) in [5.41, 5.74) is 1.97. The minimum atomic E-state index is -3.14. The predicted molar refractivity (Wildman–Crippen MR) is 74.2 cm³/mol. The first-order valence-corrected chi connectivity index (χ1v) is 7.67. The van der Waals surface area contributed by atoms with Gasteiger partial charge in [0.05, 0.1) is 10.6 Å². The van der Waals surface area contributed by atoms with Crippen LogP contribution in [-0.4, -0.2) is 14.2 Å². The van der Waals surface area contributed by atoms with Crippen molar-refractivity contribution in [2.45, 2.75) is 18.2 Å². The van der Waals surface area contributed by atoms with Gasteiger partial charge in [0.15, 0.2) is 9.84 Å². The molecule has 0 spiro atoms. The van der Waals surface area contributed by atoms with Crippen LogP contribution in [0.25, 0.3) is 11.1 Å². The molecule has 0 aliphatic carbocycles. The van der Waals surface area contributed by atoms with Crippen molar-refractivity contribution in [3.63, 3.8) is 0 Å². The summed E-state index contributed by atoms with van der Waals surface area (Å²) in [5.74, 6) is 0.200. The van der Waals surface area contributed by atoms with E-state index in [0.717, 1.165) is 11.1 Å². The van der Waals surface area contributed by atoms with Gasteiger partial charge in [-0.15, -0.1) is 0 Å². The van der Waals surface area contributed by atoms with Crippen LogP contribution in [0.15, 0.2) is 59.5 Å². The Labute approximate surface area is 108 Å². The monoisotopic (exact) mass is 260 g/mol. The van der Waals surface area contributed by atoms with Crippen molar-refractivity contribution < 1.29 is 8.42 Å². The summed E-state index contributed by atoms with van der Waals surface area (Å²) < 4.78 is 24.0. The molecule has 2 aromatic carbocycles. The topological polar surface area (TPSA) is 34.1 Å². The first-order valence-electron chi connectivity index (χ1n) is 6.02. The maximum atomic E-state index is 12.0. The lowest BCUT2D eigenvalue weighted by molar-refractivity contribution is 0.595. The number of rotatable bonds is 4. The number of sulfone groups is 1. The van der Waals surface area contributed by atoms with Gasteiger partial charge >= 0.3 is 0 Å². The van der Waals surface area contributed by atoms with Crippen LogP contribution in [0, 0.1) is 0 Å². The quantitative estimate of drug-likeness (QED) is 0.842. The molecule has 0 radical (unpaired) electrons. The molecule has 0 aliphatic rings. The van der Waals surface area contributed by atoms with E-state index in [1.165, 1.54) is 0 Å². The van der Waals surface area contributed by atoms with Gasteiger partial charge in [0.1, 0.15) is 0 Å². The second kappa shape index (κ2) is 5.36. The number of hydrogen-bond donors (Lipinski definition) is 0. The van der Waals surface area contributed by atoms with Crippen LogP contribution >= 0.6 is 0 Å². The molecule has 0 aliphatic heterocycles. The number of benzene rings is 2. The van der Waals surface area contributed by atoms with Gasteiger partial charge in [0, 0.05) is 0 Å². The van der Waals surface area contributed by atoms with Gasteiger partial charge in [0.25, 0.3) is 0 Å². The molecular weight excluding hydrogens is 244 g/mol. The van der Waals surface area contributed by atoms with E-state index in [1.54, 1.807) is 18.2 Å². The predicted octanol–water partition coefficient (Wildman–Crippen LogP) is 3.54. The fraction of sp³-hybridized carbons (Fsp3) is 0.200. The summed E-state index contributed by atoms with van der Waals surface area (Å²) in [7, 11) is -3.14. The van der Waals surface area contributed by atoms with E-state index < -0.39 is 9.84 Å². The summed E-state index contributed by atoms with van der Waals surface area (Å²) in [4.78, 5) is 0.408. The average Bonchev–Trinajstić information content (AvgIpc) is 2.40. The van der Waals surface area contributed by atoms with Crippen molar-refractivity contribution >= 4 is 9.84 Å². The molecular formula is C15H16O2S. The van der Waals surface area contributed by atoms with Crippen LogP contribution in [0.3, 0.4) is 0 Å². The highest BCUT2D eigenvalue weighted by Gasteiger charge is 2.13. The zero-order chi connectivity index (χ0) is 13.0. The van der Waals surface area contributed by atoms with Gasteiger partial charge in [-0.2, -0.15) is 0 Å².